The molecule has 1 N–H and O–H groups in total. The van der Waals surface area contributed by atoms with Gasteiger partial charge in [-0.15, -0.1) is 0 Å². The van der Waals surface area contributed by atoms with Crippen LogP contribution in [0, 0.1) is 0 Å². The molecule has 0 fully saturated rings. The van der Waals surface area contributed by atoms with Gasteiger partial charge in [0.2, 0.25) is 0 Å². The van der Waals surface area contributed by atoms with Crippen molar-refractivity contribution < 1.29 is 5.11 Å². The fourth-order valence-corrected chi connectivity index (χ4v) is 3.22. The molecule has 0 saturated heterocycles. The van der Waals surface area contributed by atoms with Gasteiger partial charge in [-0.2, -0.15) is 0 Å². The van der Waals surface area contributed by atoms with Crippen molar-refractivity contribution in [2.45, 2.75) is 32.4 Å². The second-order valence-corrected chi connectivity index (χ2v) is 5.51. The first-order valence-corrected chi connectivity index (χ1v) is 7.37. The fourth-order valence-electron chi connectivity index (χ4n) is 3.22. The van der Waals surface area contributed by atoms with E-state index < -0.39 is 0 Å². The lowest BCUT2D eigenvalue weighted by atomic mass is 9.90. The van der Waals surface area contributed by atoms with Gasteiger partial charge in [0.05, 0.1) is 0 Å². The molecule has 20 heavy (non-hydrogen) atoms. The Bertz CT molecular complexity index is 579. The lowest BCUT2D eigenvalue weighted by molar-refractivity contribution is 0.171. The predicted molar refractivity (Wildman–Crippen MR) is 81.7 cm³/mol. The van der Waals surface area contributed by atoms with Crippen molar-refractivity contribution in [3.8, 4) is 5.75 Å². The van der Waals surface area contributed by atoms with Gasteiger partial charge in [0.25, 0.3) is 0 Å². The van der Waals surface area contributed by atoms with Crippen LogP contribution in [0.1, 0.15) is 36.1 Å². The second kappa shape index (κ2) is 5.68. The van der Waals surface area contributed by atoms with Crippen LogP contribution in [0.15, 0.2) is 48.5 Å². The highest BCUT2D eigenvalue weighted by Gasteiger charge is 2.26. The molecule has 1 aliphatic heterocycles. The minimum absolute atomic E-state index is 0.378. The number of phenols is 1. The summed E-state index contributed by atoms with van der Waals surface area (Å²) in [6.07, 6.45) is 2.14. The summed E-state index contributed by atoms with van der Waals surface area (Å²) in [5.74, 6) is 0.378. The van der Waals surface area contributed by atoms with Crippen LogP contribution in [0.3, 0.4) is 0 Å². The van der Waals surface area contributed by atoms with Crippen LogP contribution in [0.5, 0.6) is 5.75 Å². The number of nitrogens with zero attached hydrogens (tertiary/aromatic N) is 1. The van der Waals surface area contributed by atoms with E-state index in [1.54, 1.807) is 6.07 Å². The second-order valence-electron chi connectivity index (χ2n) is 5.51. The zero-order valence-corrected chi connectivity index (χ0v) is 11.9. The first kappa shape index (κ1) is 13.2. The molecule has 1 unspecified atom stereocenters. The third-order valence-electron chi connectivity index (χ3n) is 4.21. The summed E-state index contributed by atoms with van der Waals surface area (Å²) >= 11 is 0. The summed E-state index contributed by atoms with van der Waals surface area (Å²) in [5, 5.41) is 9.76. The molecule has 0 radical (unpaired) electrons. The summed E-state index contributed by atoms with van der Waals surface area (Å²) in [4.78, 5) is 2.52. The van der Waals surface area contributed by atoms with Gasteiger partial charge in [0.15, 0.2) is 0 Å². The van der Waals surface area contributed by atoms with Gasteiger partial charge in [-0.3, -0.25) is 4.90 Å². The highest BCUT2D eigenvalue weighted by Crippen LogP contribution is 2.35. The van der Waals surface area contributed by atoms with Crippen molar-refractivity contribution in [2.24, 2.45) is 0 Å². The van der Waals surface area contributed by atoms with E-state index in [0.29, 0.717) is 11.8 Å². The van der Waals surface area contributed by atoms with Crippen LogP contribution in [-0.4, -0.2) is 16.6 Å². The van der Waals surface area contributed by atoms with Crippen LogP contribution in [-0.2, 0) is 13.0 Å². The van der Waals surface area contributed by atoms with Crippen molar-refractivity contribution in [3.05, 3.63) is 65.2 Å². The predicted octanol–water partition coefficient (Wildman–Crippen LogP) is 3.90. The maximum Gasteiger partial charge on any atom is 0.115 e. The normalized spacial score (nSPS) is 18.8. The molecule has 0 aliphatic carbocycles. The highest BCUT2D eigenvalue weighted by molar-refractivity contribution is 5.38. The quantitative estimate of drug-likeness (QED) is 0.911. The van der Waals surface area contributed by atoms with Crippen molar-refractivity contribution in [1.29, 1.82) is 0 Å². The van der Waals surface area contributed by atoms with Gasteiger partial charge in [0.1, 0.15) is 5.75 Å². The van der Waals surface area contributed by atoms with E-state index in [9.17, 15) is 5.11 Å². The number of benzene rings is 2. The Labute approximate surface area is 120 Å². The summed E-state index contributed by atoms with van der Waals surface area (Å²) < 4.78 is 0. The Hall–Kier alpha value is -1.80. The van der Waals surface area contributed by atoms with Gasteiger partial charge >= 0.3 is 0 Å². The smallest absolute Gasteiger partial charge is 0.115 e. The Balaban J connectivity index is 1.87. The molecule has 0 saturated carbocycles. The molecule has 2 nitrogen and oxygen atoms in total. The fraction of sp³-hybridized carbons (Fsp3) is 0.333. The zero-order chi connectivity index (χ0) is 13.9. The van der Waals surface area contributed by atoms with E-state index in [1.807, 2.05) is 6.07 Å². The topological polar surface area (TPSA) is 23.5 Å². The van der Waals surface area contributed by atoms with Gasteiger partial charge in [0, 0.05) is 19.1 Å². The van der Waals surface area contributed by atoms with E-state index in [-0.39, 0.29) is 0 Å². The van der Waals surface area contributed by atoms with E-state index in [2.05, 4.69) is 48.2 Å². The SMILES string of the molecule is CCC1c2cc(O)ccc2CCN1Cc1ccccc1. The molecule has 2 heteroatoms. The van der Waals surface area contributed by atoms with Gasteiger partial charge in [-0.05, 0) is 41.7 Å². The first-order valence-electron chi connectivity index (χ1n) is 7.37. The number of aromatic hydroxyl groups is 1. The molecule has 3 rings (SSSR count). The van der Waals surface area contributed by atoms with E-state index in [1.165, 1.54) is 16.7 Å². The van der Waals surface area contributed by atoms with Crippen LogP contribution >= 0.6 is 0 Å². The molecule has 0 spiro atoms. The molecule has 1 aliphatic rings. The molecule has 2 aromatic carbocycles. The lowest BCUT2D eigenvalue weighted by Crippen LogP contribution is -2.34. The number of hydrogen-bond acceptors (Lipinski definition) is 2. The van der Waals surface area contributed by atoms with E-state index in [0.717, 1.165) is 25.9 Å². The van der Waals surface area contributed by atoms with Crippen molar-refractivity contribution in [1.82, 2.24) is 4.90 Å². The van der Waals surface area contributed by atoms with Crippen molar-refractivity contribution >= 4 is 0 Å². The summed E-state index contributed by atoms with van der Waals surface area (Å²) in [6, 6.07) is 16.9. The monoisotopic (exact) mass is 267 g/mol. The molecule has 2 aromatic rings. The van der Waals surface area contributed by atoms with Crippen molar-refractivity contribution in [3.63, 3.8) is 0 Å². The number of phenolic OH excluding ortho intramolecular Hbond substituents is 1. The van der Waals surface area contributed by atoms with Crippen LogP contribution in [0.25, 0.3) is 0 Å². The van der Waals surface area contributed by atoms with Gasteiger partial charge in [-0.25, -0.2) is 0 Å². The Morgan fingerprint density at radius 1 is 1.15 bits per heavy atom. The molecule has 1 heterocycles. The van der Waals surface area contributed by atoms with Crippen LogP contribution < -0.4 is 0 Å². The molecule has 0 bridgehead atoms. The Morgan fingerprint density at radius 2 is 1.95 bits per heavy atom. The molecule has 104 valence electrons. The minimum atomic E-state index is 0.378. The lowest BCUT2D eigenvalue weighted by Gasteiger charge is -2.37. The Morgan fingerprint density at radius 3 is 2.70 bits per heavy atom. The number of rotatable bonds is 3. The van der Waals surface area contributed by atoms with Gasteiger partial charge in [-0.1, -0.05) is 43.3 Å². The van der Waals surface area contributed by atoms with Crippen LogP contribution in [0.2, 0.25) is 0 Å². The minimum Gasteiger partial charge on any atom is -0.508 e. The average molecular weight is 267 g/mol. The van der Waals surface area contributed by atoms with E-state index >= 15 is 0 Å². The molecular weight excluding hydrogens is 246 g/mol. The van der Waals surface area contributed by atoms with Crippen molar-refractivity contribution in [2.75, 3.05) is 6.54 Å². The van der Waals surface area contributed by atoms with E-state index in [4.69, 9.17) is 0 Å². The third-order valence-corrected chi connectivity index (χ3v) is 4.21. The summed E-state index contributed by atoms with van der Waals surface area (Å²) in [6.45, 7) is 4.29. The number of hydrogen-bond donors (Lipinski definition) is 1. The largest absolute Gasteiger partial charge is 0.508 e. The Kier molecular flexibility index (Phi) is 3.75. The maximum atomic E-state index is 9.76. The highest BCUT2D eigenvalue weighted by atomic mass is 16.3. The third kappa shape index (κ3) is 2.56. The molecule has 1 atom stereocenters. The summed E-state index contributed by atoms with van der Waals surface area (Å²) in [7, 11) is 0. The maximum absolute atomic E-state index is 9.76. The number of fused-ring (bicyclic) bond motifs is 1. The molecule has 0 aromatic heterocycles. The van der Waals surface area contributed by atoms with Crippen LogP contribution in [0.4, 0.5) is 0 Å². The molecule has 0 amide bonds. The standard InChI is InChI=1S/C18H21NO/c1-2-18-17-12-16(20)9-8-15(17)10-11-19(18)13-14-6-4-3-5-7-14/h3-9,12,18,20H,2,10-11,13H2,1H3. The zero-order valence-electron chi connectivity index (χ0n) is 11.9. The van der Waals surface area contributed by atoms with Gasteiger partial charge < -0.3 is 5.11 Å². The first-order chi connectivity index (χ1) is 9.78. The molecular formula is C18H21NO. The summed E-state index contributed by atoms with van der Waals surface area (Å²) in [5.41, 5.74) is 4.04. The average Bonchev–Trinajstić information content (AvgIpc) is 2.48.